The largest absolute Gasteiger partial charge is 0.456 e. The molecule has 4 aliphatic rings. The van der Waals surface area contributed by atoms with Gasteiger partial charge in [-0.15, -0.1) is 0 Å². The Bertz CT molecular complexity index is 2370. The van der Waals surface area contributed by atoms with E-state index in [-0.39, 0.29) is 118 Å². The van der Waals surface area contributed by atoms with Crippen molar-refractivity contribution in [2.75, 3.05) is 11.5 Å². The van der Waals surface area contributed by atoms with Crippen LogP contribution in [0.2, 0.25) is 0 Å². The van der Waals surface area contributed by atoms with Crippen LogP contribution in [0.3, 0.4) is 0 Å². The Kier molecular flexibility index (Phi) is 15.9. The summed E-state index contributed by atoms with van der Waals surface area (Å²) in [6, 6.07) is 31.8. The number of benzene rings is 4. The van der Waals surface area contributed by atoms with E-state index in [1.54, 1.807) is 123 Å². The van der Waals surface area contributed by atoms with E-state index < -0.39 is 101 Å². The molecule has 9 unspecified atom stereocenters. The molecule has 16 heteroatoms. The fourth-order valence-electron chi connectivity index (χ4n) is 10.5. The number of urea groups is 1. The smallest absolute Gasteiger partial charge is 0.338 e. The Hall–Kier alpha value is -2.86. The summed E-state index contributed by atoms with van der Waals surface area (Å²) >= 11 is 0. The second-order valence-electron chi connectivity index (χ2n) is 17.8. The zero-order valence-corrected chi connectivity index (χ0v) is 46.0. The third kappa shape index (κ3) is 8.89. The molecule has 8 rings (SSSR count). The van der Waals surface area contributed by atoms with Crippen LogP contribution >= 0.6 is 0 Å². The second kappa shape index (κ2) is 20.0. The van der Waals surface area contributed by atoms with Crippen molar-refractivity contribution >= 4 is 35.1 Å². The van der Waals surface area contributed by atoms with Crippen molar-refractivity contribution < 1.29 is 147 Å². The molecule has 1 heterocycles. The predicted octanol–water partition coefficient (Wildman–Crippen LogP) is 4.71. The number of esters is 2. The van der Waals surface area contributed by atoms with Gasteiger partial charge >= 0.3 is 18.0 Å². The number of carbonyl (C=O) groups excluding carboxylic acids is 4. The molecule has 14 nitrogen and oxygen atoms in total. The summed E-state index contributed by atoms with van der Waals surface area (Å²) in [6.07, 6.45) is -10.5. The topological polar surface area (TPSA) is 212 Å². The minimum absolute atomic E-state index is 0. The number of aliphatic hydroxyl groups is 5. The summed E-state index contributed by atoms with van der Waals surface area (Å²) in [4.78, 5) is 59.1. The van der Waals surface area contributed by atoms with Gasteiger partial charge in [0.2, 0.25) is 0 Å². The Morgan fingerprint density at radius 2 is 1.32 bits per heavy atom. The van der Waals surface area contributed by atoms with E-state index in [9.17, 15) is 44.7 Å². The van der Waals surface area contributed by atoms with E-state index in [4.69, 9.17) is 14.2 Å². The van der Waals surface area contributed by atoms with Gasteiger partial charge < -0.3 is 45.1 Å². The van der Waals surface area contributed by atoms with Gasteiger partial charge in [-0.2, -0.15) is 0 Å². The molecular formula is C49H52Ac2N2O12. The van der Waals surface area contributed by atoms with Crippen LogP contribution < -0.4 is 10.2 Å². The first-order chi connectivity index (χ1) is 29.9. The van der Waals surface area contributed by atoms with Crippen LogP contribution in [-0.4, -0.2) is 104 Å². The van der Waals surface area contributed by atoms with Crippen LogP contribution in [0.1, 0.15) is 62.5 Å². The second-order valence-corrected chi connectivity index (χ2v) is 17.8. The van der Waals surface area contributed by atoms with E-state index in [0.717, 1.165) is 0 Å². The van der Waals surface area contributed by atoms with Crippen LogP contribution in [0.4, 0.5) is 16.2 Å². The summed E-state index contributed by atoms with van der Waals surface area (Å²) in [6.45, 7) is 5.71. The number of amides is 2. The van der Waals surface area contributed by atoms with Gasteiger partial charge in [-0.3, -0.25) is 9.69 Å². The number of hydrogen-bond acceptors (Lipinski definition) is 12. The first-order valence-electron chi connectivity index (χ1n) is 21.0. The van der Waals surface area contributed by atoms with Crippen LogP contribution in [0.25, 0.3) is 0 Å². The SMILES string of the molecule is CC1=C2C(O)C(=O)[C@]3(C)C(O)CC4OC[C@@]4(O)C3C(OC(=O)c3ccccc3)C(O)(CC1OC(=O)C(O)C(NC(=O)N(c1ccccc1)c1ccccc1)c1ccccc1)C2(C)C.[Ac].[Ac]. The molecule has 2 bridgehead atoms. The van der Waals surface area contributed by atoms with Gasteiger partial charge in [0.1, 0.15) is 29.5 Å². The molecule has 11 atom stereocenters. The van der Waals surface area contributed by atoms with Gasteiger partial charge in [0.25, 0.3) is 0 Å². The number of anilines is 2. The average Bonchev–Trinajstić information content (AvgIpc) is 3.28. The summed E-state index contributed by atoms with van der Waals surface area (Å²) in [7, 11) is 0. The van der Waals surface area contributed by atoms with E-state index in [2.05, 4.69) is 5.32 Å². The number of nitrogens with one attached hydrogen (secondary N) is 1. The number of ketones is 1. The molecule has 2 amide bonds. The zero-order chi connectivity index (χ0) is 45.1. The molecule has 6 N–H and O–H groups in total. The molecule has 2 radical (unpaired) electrons. The van der Waals surface area contributed by atoms with Crippen molar-refractivity contribution in [3.8, 4) is 0 Å². The Morgan fingerprint density at radius 3 is 1.85 bits per heavy atom. The minimum atomic E-state index is -2.33. The maximum absolute atomic E-state index is 14.9. The molecule has 1 aliphatic heterocycles. The van der Waals surface area contributed by atoms with Crippen molar-refractivity contribution in [1.29, 1.82) is 0 Å². The van der Waals surface area contributed by atoms with Gasteiger partial charge in [-0.1, -0.05) is 98.8 Å². The first kappa shape index (κ1) is 51.5. The van der Waals surface area contributed by atoms with Gasteiger partial charge in [-0.25, -0.2) is 14.4 Å². The molecule has 3 aliphatic carbocycles. The summed E-state index contributed by atoms with van der Waals surface area (Å²) < 4.78 is 18.1. The number of nitrogens with zero attached hydrogens (tertiary/aromatic N) is 1. The third-order valence-corrected chi connectivity index (χ3v) is 14.1. The molecular weight excluding hydrogens is 1260 g/mol. The fourth-order valence-corrected chi connectivity index (χ4v) is 10.5. The standard InChI is InChI=1S/C49H52N2O12.2Ac/c1-28-33(62-44(57)39(54)37(29-17-9-5-10-18-29)50-45(58)51(31-21-13-7-14-22-31)32-23-15-8-16-24-32)26-49(60)42(63-43(56)30-19-11-6-12-20-30)40-47(4,34(52)25-35-48(40,59)27-61-35)41(55)38(53)36(28)46(49,2)3;;/h5-24,33-35,37-40,42,52-54,59-60H,25-27H2,1-4H3,(H,50,58);;/t33?,34?,35?,37?,38?,39?,40?,42?,47-,48+,49?;;/m1../s1. The van der Waals surface area contributed by atoms with Gasteiger partial charge in [-0.05, 0) is 67.0 Å². The van der Waals surface area contributed by atoms with Crippen LogP contribution in [-0.2, 0) is 23.8 Å². The van der Waals surface area contributed by atoms with E-state index in [0.29, 0.717) is 16.9 Å². The number of ether oxygens (including phenoxy) is 3. The van der Waals surface area contributed by atoms with Crippen molar-refractivity contribution in [2.45, 2.75) is 94.4 Å². The Labute approximate surface area is 448 Å². The normalized spacial score (nSPS) is 30.7. The molecule has 0 aromatic heterocycles. The minimum Gasteiger partial charge on any atom is -0.456 e. The molecule has 336 valence electrons. The van der Waals surface area contributed by atoms with Crippen molar-refractivity contribution in [3.63, 3.8) is 0 Å². The number of Topliss-reactive ketones (excluding diaryl/α,β-unsaturated/α-hetero) is 1. The van der Waals surface area contributed by atoms with E-state index >= 15 is 0 Å². The molecule has 4 aromatic carbocycles. The molecule has 0 spiro atoms. The number of fused-ring (bicyclic) bond motifs is 5. The maximum Gasteiger partial charge on any atom is 0.338 e. The maximum atomic E-state index is 14.9. The quantitative estimate of drug-likeness (QED) is 0.0995. The van der Waals surface area contributed by atoms with Crippen LogP contribution in [0.15, 0.2) is 132 Å². The molecule has 3 fully saturated rings. The number of hydrogen-bond donors (Lipinski definition) is 6. The van der Waals surface area contributed by atoms with E-state index in [1.165, 1.54) is 30.9 Å². The molecule has 2 saturated carbocycles. The Balaban J connectivity index is 0.00000350. The number of para-hydroxylation sites is 2. The number of aliphatic hydroxyl groups excluding tert-OH is 3. The van der Waals surface area contributed by atoms with Crippen molar-refractivity contribution in [2.24, 2.45) is 16.7 Å². The van der Waals surface area contributed by atoms with Crippen LogP contribution in [0.5, 0.6) is 0 Å². The average molecular weight is 1310 g/mol. The fraction of sp³-hybridized carbons (Fsp3) is 0.388. The first-order valence-corrected chi connectivity index (χ1v) is 21.0. The summed E-state index contributed by atoms with van der Waals surface area (Å²) in [5.74, 6) is -4.56. The third-order valence-electron chi connectivity index (χ3n) is 14.1. The summed E-state index contributed by atoms with van der Waals surface area (Å²) in [5, 5.41) is 64.5. The Morgan fingerprint density at radius 1 is 0.800 bits per heavy atom. The van der Waals surface area contributed by atoms with Crippen molar-refractivity contribution in [1.82, 2.24) is 5.32 Å². The molecule has 1 saturated heterocycles. The monoisotopic (exact) mass is 1310 g/mol. The van der Waals surface area contributed by atoms with E-state index in [1.807, 2.05) is 0 Å². The van der Waals surface area contributed by atoms with Gasteiger partial charge in [0.05, 0.1) is 47.2 Å². The molecule has 65 heavy (non-hydrogen) atoms. The van der Waals surface area contributed by atoms with Gasteiger partial charge in [0.15, 0.2) is 11.9 Å². The summed E-state index contributed by atoms with van der Waals surface area (Å²) in [5.41, 5.74) is -6.26. The van der Waals surface area contributed by atoms with Gasteiger partial charge in [0, 0.05) is 112 Å². The van der Waals surface area contributed by atoms with Crippen LogP contribution in [0, 0.1) is 105 Å². The predicted molar refractivity (Wildman–Crippen MR) is 228 cm³/mol. The zero-order valence-electron chi connectivity index (χ0n) is 36.5. The van der Waals surface area contributed by atoms with Crippen molar-refractivity contribution in [3.05, 3.63) is 144 Å². The number of rotatable bonds is 9. The number of carbonyl (C=O) groups is 4. The molecule has 4 aromatic rings.